The average Bonchev–Trinajstić information content (AvgIpc) is 2.46. The third-order valence-corrected chi connectivity index (χ3v) is 3.98. The number of unbranched alkanes of at least 4 members (excludes halogenated alkanes) is 8. The zero-order valence-corrected chi connectivity index (χ0v) is 14.7. The quantitative estimate of drug-likeness (QED) is 0.352. The van der Waals surface area contributed by atoms with Crippen molar-refractivity contribution in [1.82, 2.24) is 5.32 Å². The van der Waals surface area contributed by atoms with Crippen molar-refractivity contribution in [2.24, 2.45) is 0 Å². The van der Waals surface area contributed by atoms with Crippen molar-refractivity contribution in [3.63, 3.8) is 0 Å². The number of ether oxygens (including phenoxy) is 1. The van der Waals surface area contributed by atoms with Gasteiger partial charge in [-0.2, -0.15) is 0 Å². The molecule has 0 fully saturated rings. The molecule has 0 aromatic carbocycles. The van der Waals surface area contributed by atoms with Crippen molar-refractivity contribution in [3.8, 4) is 0 Å². The van der Waals surface area contributed by atoms with Crippen LogP contribution >= 0.6 is 11.6 Å². The van der Waals surface area contributed by atoms with Crippen LogP contribution in [0.5, 0.6) is 0 Å². The first-order valence-corrected chi connectivity index (χ1v) is 9.04. The molecule has 0 aliphatic heterocycles. The van der Waals surface area contributed by atoms with E-state index in [9.17, 15) is 4.79 Å². The van der Waals surface area contributed by atoms with Gasteiger partial charge in [0.25, 0.3) is 0 Å². The molecule has 1 atom stereocenters. The number of methoxy groups -OCH3 is 1. The Morgan fingerprint density at radius 3 is 2.19 bits per heavy atom. The summed E-state index contributed by atoms with van der Waals surface area (Å²) in [7, 11) is 1.64. The molecule has 0 rings (SSSR count). The van der Waals surface area contributed by atoms with Crippen LogP contribution in [0, 0.1) is 0 Å². The smallest absolute Gasteiger partial charge is 0.219 e. The lowest BCUT2D eigenvalue weighted by Crippen LogP contribution is -2.26. The van der Waals surface area contributed by atoms with Gasteiger partial charge in [0.2, 0.25) is 5.91 Å². The second-order valence-electron chi connectivity index (χ2n) is 5.77. The van der Waals surface area contributed by atoms with E-state index in [0.717, 1.165) is 12.8 Å². The van der Waals surface area contributed by atoms with Gasteiger partial charge in [-0.15, -0.1) is 11.6 Å². The number of carbonyl (C=O) groups excluding carboxylic acids is 1. The van der Waals surface area contributed by atoms with E-state index in [4.69, 9.17) is 16.3 Å². The molecule has 1 N–H and O–H groups in total. The van der Waals surface area contributed by atoms with Crippen LogP contribution in [0.1, 0.15) is 77.6 Å². The zero-order valence-electron chi connectivity index (χ0n) is 14.0. The van der Waals surface area contributed by atoms with Crippen molar-refractivity contribution in [2.45, 2.75) is 82.9 Å². The first-order valence-electron chi connectivity index (χ1n) is 8.60. The molecule has 0 saturated carbocycles. The first-order chi connectivity index (χ1) is 10.2. The van der Waals surface area contributed by atoms with Crippen molar-refractivity contribution >= 4 is 17.5 Å². The third-order valence-electron chi connectivity index (χ3n) is 3.63. The summed E-state index contributed by atoms with van der Waals surface area (Å²) in [5.41, 5.74) is 0. The Labute approximate surface area is 136 Å². The van der Waals surface area contributed by atoms with Crippen LogP contribution in [0.15, 0.2) is 0 Å². The molecule has 126 valence electrons. The lowest BCUT2D eigenvalue weighted by molar-refractivity contribution is -0.121. The summed E-state index contributed by atoms with van der Waals surface area (Å²) in [6, 6.07) is 0. The van der Waals surface area contributed by atoms with Gasteiger partial charge in [-0.1, -0.05) is 58.3 Å². The number of amides is 1. The molecule has 21 heavy (non-hydrogen) atoms. The van der Waals surface area contributed by atoms with Gasteiger partial charge in [0.15, 0.2) is 0 Å². The van der Waals surface area contributed by atoms with Crippen LogP contribution in [0.2, 0.25) is 0 Å². The Bertz CT molecular complexity index is 237. The van der Waals surface area contributed by atoms with Gasteiger partial charge >= 0.3 is 0 Å². The number of nitrogens with one attached hydrogen (secondary N) is 1. The van der Waals surface area contributed by atoms with Crippen molar-refractivity contribution in [1.29, 1.82) is 0 Å². The fourth-order valence-electron chi connectivity index (χ4n) is 2.32. The number of halogens is 1. The van der Waals surface area contributed by atoms with Crippen LogP contribution in [0.3, 0.4) is 0 Å². The van der Waals surface area contributed by atoms with Gasteiger partial charge in [-0.3, -0.25) is 4.79 Å². The highest BCUT2D eigenvalue weighted by molar-refractivity contribution is 6.20. The lowest BCUT2D eigenvalue weighted by atomic mass is 10.1. The third kappa shape index (κ3) is 15.9. The topological polar surface area (TPSA) is 38.3 Å². The molecule has 0 radical (unpaired) electrons. The summed E-state index contributed by atoms with van der Waals surface area (Å²) in [6.07, 6.45) is 12.9. The average molecular weight is 320 g/mol. The van der Waals surface area contributed by atoms with Gasteiger partial charge in [0.1, 0.15) is 0 Å². The van der Waals surface area contributed by atoms with Gasteiger partial charge in [-0.25, -0.2) is 0 Å². The fourth-order valence-corrected chi connectivity index (χ4v) is 2.55. The molecule has 0 heterocycles. The molecular weight excluding hydrogens is 286 g/mol. The van der Waals surface area contributed by atoms with Gasteiger partial charge in [0, 0.05) is 20.1 Å². The number of hydrogen-bond acceptors (Lipinski definition) is 2. The first kappa shape index (κ1) is 20.7. The Morgan fingerprint density at radius 1 is 1.05 bits per heavy atom. The zero-order chi connectivity index (χ0) is 15.8. The van der Waals surface area contributed by atoms with Crippen molar-refractivity contribution in [3.05, 3.63) is 0 Å². The predicted octanol–water partition coefficient (Wildman–Crippen LogP) is 4.67. The fraction of sp³-hybridized carbons (Fsp3) is 0.941. The number of rotatable bonds is 15. The molecule has 0 aromatic rings. The minimum absolute atomic E-state index is 0.0111. The number of alkyl halides is 1. The summed E-state index contributed by atoms with van der Waals surface area (Å²) >= 11 is 6.00. The second kappa shape index (κ2) is 16.1. The minimum Gasteiger partial charge on any atom is -0.383 e. The maximum absolute atomic E-state index is 11.6. The van der Waals surface area contributed by atoms with Gasteiger partial charge < -0.3 is 10.1 Å². The second-order valence-corrected chi connectivity index (χ2v) is 6.39. The summed E-state index contributed by atoms with van der Waals surface area (Å²) in [5.74, 6) is 0.152. The van der Waals surface area contributed by atoms with Gasteiger partial charge in [0.05, 0.1) is 12.0 Å². The molecule has 0 aliphatic carbocycles. The highest BCUT2D eigenvalue weighted by atomic mass is 35.5. The summed E-state index contributed by atoms with van der Waals surface area (Å²) in [6.45, 7) is 3.43. The van der Waals surface area contributed by atoms with Crippen molar-refractivity contribution < 1.29 is 9.53 Å². The molecule has 0 bridgehead atoms. The van der Waals surface area contributed by atoms with Crippen LogP contribution < -0.4 is 5.32 Å². The van der Waals surface area contributed by atoms with E-state index in [2.05, 4.69) is 12.2 Å². The molecule has 1 unspecified atom stereocenters. The Balaban J connectivity index is 3.23. The molecule has 0 aromatic heterocycles. The van der Waals surface area contributed by atoms with E-state index in [1.807, 2.05) is 0 Å². The molecule has 0 spiro atoms. The van der Waals surface area contributed by atoms with Crippen LogP contribution in [0.4, 0.5) is 0 Å². The summed E-state index contributed by atoms with van der Waals surface area (Å²) < 4.78 is 4.95. The molecule has 1 amide bonds. The summed E-state index contributed by atoms with van der Waals surface area (Å²) in [4.78, 5) is 11.6. The van der Waals surface area contributed by atoms with Crippen LogP contribution in [0.25, 0.3) is 0 Å². The van der Waals surface area contributed by atoms with E-state index in [-0.39, 0.29) is 11.3 Å². The summed E-state index contributed by atoms with van der Waals surface area (Å²) in [5, 5.41) is 2.91. The predicted molar refractivity (Wildman–Crippen MR) is 91.0 cm³/mol. The molecule has 0 aliphatic rings. The Kier molecular flexibility index (Phi) is 15.9. The van der Waals surface area contributed by atoms with Crippen molar-refractivity contribution in [2.75, 3.05) is 20.3 Å². The molecule has 4 heteroatoms. The molecule has 0 saturated heterocycles. The maximum Gasteiger partial charge on any atom is 0.219 e. The van der Waals surface area contributed by atoms with E-state index in [0.29, 0.717) is 19.6 Å². The Morgan fingerprint density at radius 2 is 1.62 bits per heavy atom. The largest absolute Gasteiger partial charge is 0.383 e. The monoisotopic (exact) mass is 319 g/mol. The molecule has 3 nitrogen and oxygen atoms in total. The van der Waals surface area contributed by atoms with E-state index in [1.54, 1.807) is 7.11 Å². The number of carbonyl (C=O) groups is 1. The maximum atomic E-state index is 11.6. The minimum atomic E-state index is -0.0111. The van der Waals surface area contributed by atoms with E-state index in [1.165, 1.54) is 51.4 Å². The highest BCUT2D eigenvalue weighted by Crippen LogP contribution is 2.10. The van der Waals surface area contributed by atoms with E-state index >= 15 is 0 Å². The van der Waals surface area contributed by atoms with Crippen LogP contribution in [-0.4, -0.2) is 31.5 Å². The normalized spacial score (nSPS) is 12.3. The standard InChI is InChI=1S/C17H34ClNO2/c1-3-4-5-6-7-8-9-10-11-12-17(20)19-14-13-16(18)15-21-2/h16H,3-15H2,1-2H3,(H,19,20). The number of hydrogen-bond donors (Lipinski definition) is 1. The van der Waals surface area contributed by atoms with E-state index < -0.39 is 0 Å². The van der Waals surface area contributed by atoms with Gasteiger partial charge in [-0.05, 0) is 12.8 Å². The Hall–Kier alpha value is -0.280. The lowest BCUT2D eigenvalue weighted by Gasteiger charge is -2.09. The molecular formula is C17H34ClNO2. The van der Waals surface area contributed by atoms with Crippen LogP contribution in [-0.2, 0) is 9.53 Å². The SMILES string of the molecule is CCCCCCCCCCCC(=O)NCCC(Cl)COC. The highest BCUT2D eigenvalue weighted by Gasteiger charge is 2.05.